The Bertz CT molecular complexity index is 1200. The number of carbonyl (C=O) groups is 2. The topological polar surface area (TPSA) is 108 Å². The molecule has 37 heavy (non-hydrogen) atoms. The van der Waals surface area contributed by atoms with Crippen LogP contribution in [0.5, 0.6) is 11.5 Å². The number of Topliss-reactive ketones (excluding diaryl/α,β-unsaturated/α-hetero) is 1. The molecule has 2 saturated carbocycles. The molecule has 1 heterocycles. The fraction of sp³-hybridized carbons (Fsp3) is 0.533. The summed E-state index contributed by atoms with van der Waals surface area (Å²) in [4.78, 5) is 26.2. The van der Waals surface area contributed by atoms with E-state index in [1.165, 1.54) is 5.56 Å². The average Bonchev–Trinajstić information content (AvgIpc) is 3.26. The number of aromatic hydroxyl groups is 1. The van der Waals surface area contributed by atoms with Gasteiger partial charge in [0.05, 0.1) is 12.0 Å². The molecule has 4 aliphatic rings. The molecule has 1 spiro atoms. The highest BCUT2D eigenvalue weighted by Gasteiger charge is 2.75. The predicted molar refractivity (Wildman–Crippen MR) is 137 cm³/mol. The third-order valence-corrected chi connectivity index (χ3v) is 9.26. The van der Waals surface area contributed by atoms with E-state index in [1.54, 1.807) is 6.07 Å². The highest BCUT2D eigenvalue weighted by atomic mass is 16.7. The smallest absolute Gasteiger partial charge is 0.504 e. The Kier molecular flexibility index (Phi) is 6.14. The van der Waals surface area contributed by atoms with E-state index in [-0.39, 0.29) is 29.9 Å². The van der Waals surface area contributed by atoms with Gasteiger partial charge in [0.1, 0.15) is 5.60 Å². The number of nitrogens with two attached hydrogens (primary N) is 1. The Morgan fingerprint density at radius 2 is 1.89 bits per heavy atom. The van der Waals surface area contributed by atoms with Crippen LogP contribution in [0.15, 0.2) is 42.5 Å². The van der Waals surface area contributed by atoms with E-state index in [4.69, 9.17) is 19.9 Å². The summed E-state index contributed by atoms with van der Waals surface area (Å²) in [7, 11) is 0. The summed E-state index contributed by atoms with van der Waals surface area (Å²) in [6.07, 6.45) is 6.02. The molecule has 3 N–H and O–H groups in total. The lowest BCUT2D eigenvalue weighted by atomic mass is 9.44. The van der Waals surface area contributed by atoms with Crippen LogP contribution in [0.1, 0.15) is 68.1 Å². The van der Waals surface area contributed by atoms with E-state index in [9.17, 15) is 14.7 Å². The van der Waals surface area contributed by atoms with Crippen molar-refractivity contribution in [2.24, 2.45) is 11.7 Å². The Morgan fingerprint density at radius 3 is 2.73 bits per heavy atom. The molecular formula is C30H35NO6. The van der Waals surface area contributed by atoms with Crippen LogP contribution in [0.2, 0.25) is 0 Å². The van der Waals surface area contributed by atoms with Gasteiger partial charge in [-0.3, -0.25) is 4.79 Å². The van der Waals surface area contributed by atoms with Gasteiger partial charge in [-0.05, 0) is 62.1 Å². The third kappa shape index (κ3) is 3.73. The molecule has 2 bridgehead atoms. The predicted octanol–water partition coefficient (Wildman–Crippen LogP) is 4.74. The minimum atomic E-state index is -0.984. The van der Waals surface area contributed by atoms with Crippen molar-refractivity contribution >= 4 is 11.9 Å². The number of unbranched alkanes of at least 4 members (excludes halogenated alkanes) is 3. The van der Waals surface area contributed by atoms with Crippen molar-refractivity contribution in [3.05, 3.63) is 59.2 Å². The molecule has 2 aromatic carbocycles. The van der Waals surface area contributed by atoms with Crippen LogP contribution in [0.4, 0.5) is 4.79 Å². The van der Waals surface area contributed by atoms with Gasteiger partial charge in [-0.2, -0.15) is 0 Å². The molecule has 5 unspecified atom stereocenters. The summed E-state index contributed by atoms with van der Waals surface area (Å²) in [5.41, 5.74) is 8.02. The van der Waals surface area contributed by atoms with Gasteiger partial charge in [0.2, 0.25) is 0 Å². The van der Waals surface area contributed by atoms with E-state index in [0.29, 0.717) is 38.0 Å². The SMILES string of the molecule is NC1CCC23c4c5ccc(O)c4OC2C(=O)CCC3(OC(=O)OCCCCCCc2ccccc2)C1C5. The van der Waals surface area contributed by atoms with Gasteiger partial charge in [0.15, 0.2) is 23.4 Å². The molecule has 0 aromatic heterocycles. The van der Waals surface area contributed by atoms with E-state index in [2.05, 4.69) is 24.3 Å². The summed E-state index contributed by atoms with van der Waals surface area (Å²) in [6, 6.07) is 13.8. The number of phenolic OH excluding ortho intramolecular Hbond substituents is 1. The lowest BCUT2D eigenvalue weighted by molar-refractivity contribution is -0.189. The van der Waals surface area contributed by atoms with Gasteiger partial charge in [-0.25, -0.2) is 4.79 Å². The van der Waals surface area contributed by atoms with Gasteiger partial charge in [-0.1, -0.05) is 49.2 Å². The Labute approximate surface area is 217 Å². The van der Waals surface area contributed by atoms with E-state index >= 15 is 0 Å². The van der Waals surface area contributed by atoms with Crippen LogP contribution < -0.4 is 10.5 Å². The standard InChI is InChI=1S/C30H35NO6/c31-22-13-15-29-25-20-11-12-23(32)26(25)36-27(29)24(33)14-16-30(29,21(22)18-20)37-28(34)35-17-7-2-1-4-8-19-9-5-3-6-10-19/h3,5-6,9-12,21-22,27,32H,1-2,4,7-8,13-18,31H2. The van der Waals surface area contributed by atoms with Crippen LogP contribution >= 0.6 is 0 Å². The zero-order chi connectivity index (χ0) is 25.6. The zero-order valence-corrected chi connectivity index (χ0v) is 21.1. The minimum Gasteiger partial charge on any atom is -0.504 e. The van der Waals surface area contributed by atoms with E-state index < -0.39 is 23.3 Å². The number of aryl methyl sites for hydroxylation is 1. The quantitative estimate of drug-likeness (QED) is 0.394. The highest BCUT2D eigenvalue weighted by molar-refractivity contribution is 5.90. The molecule has 5 atom stereocenters. The van der Waals surface area contributed by atoms with Crippen molar-refractivity contribution in [2.75, 3.05) is 6.61 Å². The summed E-state index contributed by atoms with van der Waals surface area (Å²) in [5, 5.41) is 10.6. The van der Waals surface area contributed by atoms with Crippen LogP contribution in [0.25, 0.3) is 0 Å². The number of ketones is 1. The maximum absolute atomic E-state index is 13.1. The number of benzene rings is 2. The largest absolute Gasteiger partial charge is 0.508 e. The normalized spacial score (nSPS) is 30.8. The van der Waals surface area contributed by atoms with Gasteiger partial charge in [0, 0.05) is 23.9 Å². The monoisotopic (exact) mass is 505 g/mol. The fourth-order valence-corrected chi connectivity index (χ4v) is 7.64. The molecule has 0 radical (unpaired) electrons. The molecule has 0 amide bonds. The second-order valence-electron chi connectivity index (χ2n) is 11.1. The maximum Gasteiger partial charge on any atom is 0.508 e. The number of phenols is 1. The van der Waals surface area contributed by atoms with Crippen molar-refractivity contribution in [3.8, 4) is 11.5 Å². The maximum atomic E-state index is 13.1. The molecule has 2 aromatic rings. The Morgan fingerprint density at radius 1 is 1.08 bits per heavy atom. The number of ether oxygens (including phenoxy) is 3. The lowest BCUT2D eigenvalue weighted by Crippen LogP contribution is -2.74. The van der Waals surface area contributed by atoms with E-state index in [0.717, 1.165) is 43.2 Å². The van der Waals surface area contributed by atoms with E-state index in [1.807, 2.05) is 12.1 Å². The average molecular weight is 506 g/mol. The fourth-order valence-electron chi connectivity index (χ4n) is 7.64. The molecule has 3 aliphatic carbocycles. The molecule has 2 fully saturated rings. The first-order chi connectivity index (χ1) is 18.0. The first-order valence-corrected chi connectivity index (χ1v) is 13.7. The Balaban J connectivity index is 1.15. The summed E-state index contributed by atoms with van der Waals surface area (Å²) in [5.74, 6) is 0.227. The number of hydrogen-bond acceptors (Lipinski definition) is 7. The van der Waals surface area contributed by atoms with Gasteiger partial charge in [-0.15, -0.1) is 0 Å². The summed E-state index contributed by atoms with van der Waals surface area (Å²) in [6.45, 7) is 0.297. The summed E-state index contributed by atoms with van der Waals surface area (Å²) >= 11 is 0. The zero-order valence-electron chi connectivity index (χ0n) is 21.1. The van der Waals surface area contributed by atoms with Crippen LogP contribution in [0, 0.1) is 5.92 Å². The van der Waals surface area contributed by atoms with Gasteiger partial charge in [0.25, 0.3) is 0 Å². The minimum absolute atomic E-state index is 0.0132. The van der Waals surface area contributed by atoms with Crippen molar-refractivity contribution in [1.29, 1.82) is 0 Å². The molecule has 1 aliphatic heterocycles. The molecule has 196 valence electrons. The molecular weight excluding hydrogens is 470 g/mol. The molecule has 7 nitrogen and oxygen atoms in total. The lowest BCUT2D eigenvalue weighted by Gasteiger charge is -2.62. The second kappa shape index (κ2) is 9.35. The van der Waals surface area contributed by atoms with Gasteiger partial charge >= 0.3 is 6.16 Å². The third-order valence-electron chi connectivity index (χ3n) is 9.26. The first kappa shape index (κ1) is 24.3. The van der Waals surface area contributed by atoms with Crippen molar-refractivity contribution < 1.29 is 28.9 Å². The van der Waals surface area contributed by atoms with Crippen LogP contribution in [-0.2, 0) is 32.5 Å². The second-order valence-corrected chi connectivity index (χ2v) is 11.1. The summed E-state index contributed by atoms with van der Waals surface area (Å²) < 4.78 is 18.0. The van der Waals surface area contributed by atoms with Crippen molar-refractivity contribution in [3.63, 3.8) is 0 Å². The first-order valence-electron chi connectivity index (χ1n) is 13.7. The molecule has 0 saturated heterocycles. The van der Waals surface area contributed by atoms with Gasteiger partial charge < -0.3 is 25.1 Å². The molecule has 6 rings (SSSR count). The number of rotatable bonds is 8. The van der Waals surface area contributed by atoms with Crippen LogP contribution in [0.3, 0.4) is 0 Å². The molecule has 7 heteroatoms. The van der Waals surface area contributed by atoms with Crippen LogP contribution in [-0.4, -0.2) is 41.4 Å². The number of hydrogen-bond donors (Lipinski definition) is 2. The van der Waals surface area contributed by atoms with Crippen molar-refractivity contribution in [1.82, 2.24) is 0 Å². The number of carbonyl (C=O) groups excluding carboxylic acids is 2. The highest BCUT2D eigenvalue weighted by Crippen LogP contribution is 2.67. The Hall–Kier alpha value is -3.06. The van der Waals surface area contributed by atoms with Crippen molar-refractivity contribution in [2.45, 2.75) is 87.4 Å².